The van der Waals surface area contributed by atoms with Gasteiger partial charge in [0.25, 0.3) is 10.0 Å². The number of sulfonamides is 1. The monoisotopic (exact) mass is 456 g/mol. The van der Waals surface area contributed by atoms with Crippen molar-refractivity contribution in [2.75, 3.05) is 16.2 Å². The average Bonchev–Trinajstić information content (AvgIpc) is 3.03. The van der Waals surface area contributed by atoms with Gasteiger partial charge < -0.3 is 10.4 Å². The lowest BCUT2D eigenvalue weighted by Crippen LogP contribution is -2.39. The smallest absolute Gasteiger partial charge is 0.264 e. The Hall–Kier alpha value is -3.17. The predicted octanol–water partition coefficient (Wildman–Crippen LogP) is 3.02. The minimum absolute atomic E-state index is 0.132. The van der Waals surface area contributed by atoms with Crippen molar-refractivity contribution in [2.45, 2.75) is 45.2 Å². The topological polar surface area (TPSA) is 105 Å². The minimum Gasteiger partial charge on any atom is -0.389 e. The predicted molar refractivity (Wildman–Crippen MR) is 124 cm³/mol. The molecule has 1 unspecified atom stereocenters. The van der Waals surface area contributed by atoms with Gasteiger partial charge in [0.1, 0.15) is 0 Å². The van der Waals surface area contributed by atoms with E-state index in [1.54, 1.807) is 53.2 Å². The van der Waals surface area contributed by atoms with Crippen molar-refractivity contribution in [1.82, 2.24) is 9.78 Å². The fraction of sp³-hybridized carbons (Fsp3) is 0.304. The molecule has 0 bridgehead atoms. The summed E-state index contributed by atoms with van der Waals surface area (Å²) >= 11 is 0. The summed E-state index contributed by atoms with van der Waals surface area (Å²) in [6.45, 7) is 7.02. The Morgan fingerprint density at radius 2 is 1.72 bits per heavy atom. The zero-order valence-electron chi connectivity index (χ0n) is 18.6. The van der Waals surface area contributed by atoms with E-state index in [0.29, 0.717) is 11.4 Å². The van der Waals surface area contributed by atoms with Crippen LogP contribution in [0.15, 0.2) is 59.5 Å². The highest BCUT2D eigenvalue weighted by Gasteiger charge is 2.27. The van der Waals surface area contributed by atoms with Crippen LogP contribution in [-0.4, -0.2) is 41.9 Å². The molecule has 2 aromatic carbocycles. The SMILES string of the molecule is CC(=O)Nc1ccc(N(CC(O)Cn2nc(C)cc2C)S(=O)(=O)c2ccc(C)cc2)cc1. The van der Waals surface area contributed by atoms with Gasteiger partial charge in [-0.05, 0) is 63.2 Å². The number of aromatic nitrogens is 2. The molecule has 1 atom stereocenters. The molecule has 170 valence electrons. The third-order valence-electron chi connectivity index (χ3n) is 4.95. The van der Waals surface area contributed by atoms with Crippen molar-refractivity contribution in [3.8, 4) is 0 Å². The normalized spacial score (nSPS) is 12.4. The second kappa shape index (κ2) is 9.54. The van der Waals surface area contributed by atoms with Gasteiger partial charge in [0, 0.05) is 18.3 Å². The second-order valence-corrected chi connectivity index (χ2v) is 9.70. The fourth-order valence-electron chi connectivity index (χ4n) is 3.40. The lowest BCUT2D eigenvalue weighted by atomic mass is 10.2. The molecule has 3 aromatic rings. The average molecular weight is 457 g/mol. The van der Waals surface area contributed by atoms with E-state index in [1.165, 1.54) is 11.2 Å². The van der Waals surface area contributed by atoms with Gasteiger partial charge >= 0.3 is 0 Å². The van der Waals surface area contributed by atoms with E-state index >= 15 is 0 Å². The van der Waals surface area contributed by atoms with Gasteiger partial charge in [-0.3, -0.25) is 13.8 Å². The maximum absolute atomic E-state index is 13.5. The van der Waals surface area contributed by atoms with E-state index in [2.05, 4.69) is 10.4 Å². The van der Waals surface area contributed by atoms with Crippen LogP contribution in [0, 0.1) is 20.8 Å². The molecule has 0 radical (unpaired) electrons. The first-order valence-electron chi connectivity index (χ1n) is 10.2. The molecule has 2 N–H and O–H groups in total. The number of rotatable bonds is 8. The molecule has 3 rings (SSSR count). The van der Waals surface area contributed by atoms with Gasteiger partial charge in [0.15, 0.2) is 0 Å². The van der Waals surface area contributed by atoms with E-state index in [1.807, 2.05) is 26.8 Å². The first kappa shape index (κ1) is 23.5. The van der Waals surface area contributed by atoms with Crippen LogP contribution >= 0.6 is 0 Å². The summed E-state index contributed by atoms with van der Waals surface area (Å²) < 4.78 is 29.8. The maximum atomic E-state index is 13.5. The Balaban J connectivity index is 1.94. The van der Waals surface area contributed by atoms with Crippen LogP contribution in [0.2, 0.25) is 0 Å². The number of anilines is 2. The zero-order valence-corrected chi connectivity index (χ0v) is 19.4. The number of hydrogen-bond donors (Lipinski definition) is 2. The fourth-order valence-corrected chi connectivity index (χ4v) is 4.90. The van der Waals surface area contributed by atoms with Crippen LogP contribution in [0.4, 0.5) is 11.4 Å². The van der Waals surface area contributed by atoms with Crippen LogP contribution in [0.3, 0.4) is 0 Å². The molecule has 32 heavy (non-hydrogen) atoms. The first-order valence-corrected chi connectivity index (χ1v) is 11.7. The van der Waals surface area contributed by atoms with Crippen LogP contribution < -0.4 is 9.62 Å². The lowest BCUT2D eigenvalue weighted by Gasteiger charge is -2.27. The molecule has 0 aliphatic carbocycles. The van der Waals surface area contributed by atoms with E-state index in [-0.39, 0.29) is 23.9 Å². The summed E-state index contributed by atoms with van der Waals surface area (Å²) in [5.74, 6) is -0.220. The van der Waals surface area contributed by atoms with Gasteiger partial charge in [-0.2, -0.15) is 5.10 Å². The van der Waals surface area contributed by atoms with Crippen LogP contribution in [0.5, 0.6) is 0 Å². The summed E-state index contributed by atoms with van der Waals surface area (Å²) in [5.41, 5.74) is 3.59. The summed E-state index contributed by atoms with van der Waals surface area (Å²) in [4.78, 5) is 11.4. The number of nitrogens with zero attached hydrogens (tertiary/aromatic N) is 3. The van der Waals surface area contributed by atoms with Gasteiger partial charge in [-0.15, -0.1) is 0 Å². The summed E-state index contributed by atoms with van der Waals surface area (Å²) in [5, 5.41) is 17.8. The molecule has 0 spiro atoms. The zero-order chi connectivity index (χ0) is 23.5. The van der Waals surface area contributed by atoms with Crippen LogP contribution in [0.1, 0.15) is 23.9 Å². The van der Waals surface area contributed by atoms with Gasteiger partial charge in [0.05, 0.1) is 35.5 Å². The highest BCUT2D eigenvalue weighted by atomic mass is 32.2. The molecular formula is C23H28N4O4S. The third kappa shape index (κ3) is 5.54. The number of benzene rings is 2. The van der Waals surface area contributed by atoms with Crippen LogP contribution in [-0.2, 0) is 21.4 Å². The molecular weight excluding hydrogens is 428 g/mol. The summed E-state index contributed by atoms with van der Waals surface area (Å²) in [6, 6.07) is 14.9. The highest BCUT2D eigenvalue weighted by molar-refractivity contribution is 7.92. The largest absolute Gasteiger partial charge is 0.389 e. The van der Waals surface area contributed by atoms with Crippen molar-refractivity contribution >= 4 is 27.3 Å². The minimum atomic E-state index is -3.94. The number of hydrogen-bond acceptors (Lipinski definition) is 5. The Bertz CT molecular complexity index is 1190. The molecule has 0 fully saturated rings. The molecule has 0 aliphatic rings. The van der Waals surface area contributed by atoms with Crippen molar-refractivity contribution < 1.29 is 18.3 Å². The summed E-state index contributed by atoms with van der Waals surface area (Å²) in [6.07, 6.45) is -0.997. The lowest BCUT2D eigenvalue weighted by molar-refractivity contribution is -0.114. The molecule has 9 heteroatoms. The second-order valence-electron chi connectivity index (χ2n) is 7.84. The maximum Gasteiger partial charge on any atom is 0.264 e. The molecule has 1 heterocycles. The number of nitrogens with one attached hydrogen (secondary N) is 1. The van der Waals surface area contributed by atoms with E-state index in [0.717, 1.165) is 17.0 Å². The van der Waals surface area contributed by atoms with Gasteiger partial charge in [-0.25, -0.2) is 8.42 Å². The number of aryl methyl sites for hydroxylation is 3. The molecule has 0 aliphatic heterocycles. The van der Waals surface area contributed by atoms with E-state index in [4.69, 9.17) is 0 Å². The van der Waals surface area contributed by atoms with Gasteiger partial charge in [0.2, 0.25) is 5.91 Å². The van der Waals surface area contributed by atoms with Crippen molar-refractivity contribution in [1.29, 1.82) is 0 Å². The standard InChI is InChI=1S/C23H28N4O4S/c1-16-5-11-23(12-6-16)32(30,31)27(21-9-7-20(8-10-21)24-19(4)28)15-22(29)14-26-18(3)13-17(2)25-26/h5-13,22,29H,14-15H2,1-4H3,(H,24,28). The Labute approximate surface area is 188 Å². The quantitative estimate of drug-likeness (QED) is 0.542. The first-order chi connectivity index (χ1) is 15.1. The molecule has 0 saturated heterocycles. The van der Waals surface area contributed by atoms with Crippen LogP contribution in [0.25, 0.3) is 0 Å². The Morgan fingerprint density at radius 1 is 1.09 bits per heavy atom. The molecule has 8 nitrogen and oxygen atoms in total. The molecule has 1 amide bonds. The third-order valence-corrected chi connectivity index (χ3v) is 6.76. The Morgan fingerprint density at radius 3 is 2.25 bits per heavy atom. The number of aliphatic hydroxyl groups excluding tert-OH is 1. The molecule has 0 saturated carbocycles. The summed E-state index contributed by atoms with van der Waals surface area (Å²) in [7, 11) is -3.94. The van der Waals surface area contributed by atoms with E-state index < -0.39 is 16.1 Å². The number of aliphatic hydroxyl groups is 1. The number of amides is 1. The highest BCUT2D eigenvalue weighted by Crippen LogP contribution is 2.26. The molecule has 1 aromatic heterocycles. The van der Waals surface area contributed by atoms with Crippen molar-refractivity contribution in [3.63, 3.8) is 0 Å². The number of carbonyl (C=O) groups excluding carboxylic acids is 1. The van der Waals surface area contributed by atoms with Crippen molar-refractivity contribution in [3.05, 3.63) is 71.5 Å². The number of carbonyl (C=O) groups is 1. The van der Waals surface area contributed by atoms with Crippen molar-refractivity contribution in [2.24, 2.45) is 0 Å². The Kier molecular flexibility index (Phi) is 7.00. The van der Waals surface area contributed by atoms with E-state index in [9.17, 15) is 18.3 Å². The van der Waals surface area contributed by atoms with Gasteiger partial charge in [-0.1, -0.05) is 17.7 Å².